The zero-order valence-corrected chi connectivity index (χ0v) is 33.1. The first kappa shape index (κ1) is 34.9. The lowest BCUT2D eigenvalue weighted by Crippen LogP contribution is -2.12. The summed E-state index contributed by atoms with van der Waals surface area (Å²) in [5.74, 6) is 0. The molecule has 0 spiro atoms. The van der Waals surface area contributed by atoms with E-state index in [1.807, 2.05) is 0 Å². The van der Waals surface area contributed by atoms with E-state index in [1.165, 1.54) is 110 Å². The Hall–Kier alpha value is -5.20. The van der Waals surface area contributed by atoms with Crippen molar-refractivity contribution in [2.75, 3.05) is 0 Å². The highest BCUT2D eigenvalue weighted by Gasteiger charge is 2.24. The van der Waals surface area contributed by atoms with E-state index < -0.39 is 0 Å². The maximum absolute atomic E-state index is 2.49. The lowest BCUT2D eigenvalue weighted by atomic mass is 9.79. The molecule has 263 valence electrons. The summed E-state index contributed by atoms with van der Waals surface area (Å²) < 4.78 is 0. The quantitative estimate of drug-likeness (QED) is 0.162. The Labute approximate surface area is 316 Å². The highest BCUT2D eigenvalue weighted by molar-refractivity contribution is 6.20. The van der Waals surface area contributed by atoms with Crippen molar-refractivity contribution in [3.05, 3.63) is 172 Å². The van der Waals surface area contributed by atoms with Crippen LogP contribution in [-0.2, 0) is 10.8 Å². The van der Waals surface area contributed by atoms with Crippen LogP contribution in [0.15, 0.2) is 121 Å². The molecule has 8 aromatic carbocycles. The van der Waals surface area contributed by atoms with Gasteiger partial charge in [-0.3, -0.25) is 0 Å². The largest absolute Gasteiger partial charge is 0.0616 e. The summed E-state index contributed by atoms with van der Waals surface area (Å²) in [6, 6.07) is 45.9. The van der Waals surface area contributed by atoms with Gasteiger partial charge in [0.05, 0.1) is 0 Å². The van der Waals surface area contributed by atoms with Crippen molar-refractivity contribution in [1.29, 1.82) is 0 Å². The van der Waals surface area contributed by atoms with Crippen LogP contribution in [0.1, 0.15) is 86.1 Å². The van der Waals surface area contributed by atoms with E-state index in [-0.39, 0.29) is 10.8 Å². The van der Waals surface area contributed by atoms with Crippen LogP contribution in [0.4, 0.5) is 0 Å². The molecule has 8 aromatic rings. The molecule has 0 saturated heterocycles. The maximum atomic E-state index is 2.49. The lowest BCUT2D eigenvalue weighted by Gasteiger charge is -2.25. The van der Waals surface area contributed by atoms with Gasteiger partial charge in [0, 0.05) is 6.42 Å². The molecule has 0 heteroatoms. The summed E-state index contributed by atoms with van der Waals surface area (Å²) in [5, 5.41) is 10.3. The molecule has 0 saturated carbocycles. The minimum absolute atomic E-state index is 0.0887. The normalized spacial score (nSPS) is 12.4. The van der Waals surface area contributed by atoms with Crippen molar-refractivity contribution in [3.63, 3.8) is 0 Å². The van der Waals surface area contributed by atoms with Gasteiger partial charge in [0.15, 0.2) is 0 Å². The Morgan fingerprint density at radius 2 is 0.547 bits per heavy atom. The molecule has 8 rings (SSSR count). The van der Waals surface area contributed by atoms with Crippen molar-refractivity contribution in [2.24, 2.45) is 0 Å². The number of rotatable bonds is 4. The van der Waals surface area contributed by atoms with Gasteiger partial charge >= 0.3 is 0 Å². The number of fused-ring (bicyclic) bond motifs is 4. The summed E-state index contributed by atoms with van der Waals surface area (Å²) in [7, 11) is 0. The predicted octanol–water partition coefficient (Wildman–Crippen LogP) is 15.1. The standard InChI is InChI=1S/C53H51/c1-32-27-36(52(5,6)7)28-33(2)48(32)50-42-23-15-11-19-38(42)46(39-20-12-16-24-43(39)50)31-47-40-21-13-17-25-44(40)51(45-26-18-14-22-41(45)47)49-34(3)29-37(30-35(49)4)53(8,9)10/h11-31H,1-10H3. The van der Waals surface area contributed by atoms with E-state index in [4.69, 9.17) is 0 Å². The molecule has 0 fully saturated rings. The number of aryl methyl sites for hydroxylation is 4. The second-order valence-corrected chi connectivity index (χ2v) is 17.4. The molecule has 0 nitrogen and oxygen atoms in total. The van der Waals surface area contributed by atoms with Crippen LogP contribution < -0.4 is 0 Å². The molecule has 0 atom stereocenters. The second-order valence-electron chi connectivity index (χ2n) is 17.4. The molecule has 0 heterocycles. The average Bonchev–Trinajstić information content (AvgIpc) is 3.11. The van der Waals surface area contributed by atoms with Crippen LogP contribution in [0.25, 0.3) is 65.3 Å². The first-order valence-corrected chi connectivity index (χ1v) is 19.2. The average molecular weight is 688 g/mol. The zero-order chi connectivity index (χ0) is 37.4. The molecule has 0 aliphatic heterocycles. The molecule has 1 radical (unpaired) electrons. The molecule has 0 aliphatic rings. The van der Waals surface area contributed by atoms with Crippen LogP contribution in [0, 0.1) is 34.1 Å². The topological polar surface area (TPSA) is 0 Å². The summed E-state index contributed by atoms with van der Waals surface area (Å²) >= 11 is 0. The molecular weight excluding hydrogens is 637 g/mol. The molecule has 53 heavy (non-hydrogen) atoms. The first-order valence-electron chi connectivity index (χ1n) is 19.2. The van der Waals surface area contributed by atoms with Crippen LogP contribution in [0.2, 0.25) is 0 Å². The highest BCUT2D eigenvalue weighted by Crippen LogP contribution is 2.47. The highest BCUT2D eigenvalue weighted by atomic mass is 14.3. The van der Waals surface area contributed by atoms with Gasteiger partial charge in [0.25, 0.3) is 0 Å². The van der Waals surface area contributed by atoms with E-state index in [9.17, 15) is 0 Å². The SMILES string of the molecule is Cc1cc(C(C)(C)C)cc(C)c1-c1c2ccccc2c([CH]c2c3ccccc3c(-c3c(C)cc(C(C)(C)C)cc3C)c3ccccc23)c2ccccc12. The van der Waals surface area contributed by atoms with E-state index in [1.54, 1.807) is 0 Å². The fourth-order valence-corrected chi connectivity index (χ4v) is 8.90. The summed E-state index contributed by atoms with van der Waals surface area (Å²) in [5.41, 5.74) is 16.2. The van der Waals surface area contributed by atoms with Crippen LogP contribution >= 0.6 is 0 Å². The number of hydrogen-bond acceptors (Lipinski definition) is 0. The Balaban J connectivity index is 1.42. The molecule has 0 amide bonds. The second kappa shape index (κ2) is 12.7. The Morgan fingerprint density at radius 1 is 0.321 bits per heavy atom. The number of benzene rings is 8. The van der Waals surface area contributed by atoms with E-state index >= 15 is 0 Å². The Bertz CT molecular complexity index is 2390. The fourth-order valence-electron chi connectivity index (χ4n) is 8.90. The van der Waals surface area contributed by atoms with Crippen molar-refractivity contribution in [2.45, 2.75) is 80.1 Å². The van der Waals surface area contributed by atoms with Crippen LogP contribution in [0.3, 0.4) is 0 Å². The van der Waals surface area contributed by atoms with Crippen LogP contribution in [-0.4, -0.2) is 0 Å². The monoisotopic (exact) mass is 687 g/mol. The molecule has 0 unspecified atom stereocenters. The van der Waals surface area contributed by atoms with Gasteiger partial charge in [-0.1, -0.05) is 163 Å². The summed E-state index contributed by atoms with van der Waals surface area (Å²) in [4.78, 5) is 0. The molecule has 0 bridgehead atoms. The van der Waals surface area contributed by atoms with E-state index in [0.29, 0.717) is 0 Å². The van der Waals surface area contributed by atoms with Gasteiger partial charge in [-0.25, -0.2) is 0 Å². The van der Waals surface area contributed by atoms with Crippen molar-refractivity contribution < 1.29 is 0 Å². The van der Waals surface area contributed by atoms with Gasteiger partial charge in [-0.05, 0) is 148 Å². The summed E-state index contributed by atoms with van der Waals surface area (Å²) in [6.07, 6.45) is 2.49. The first-order chi connectivity index (χ1) is 25.2. The van der Waals surface area contributed by atoms with Gasteiger partial charge in [0.1, 0.15) is 0 Å². The third-order valence-electron chi connectivity index (χ3n) is 11.5. The minimum atomic E-state index is 0.0887. The Morgan fingerprint density at radius 3 is 0.774 bits per heavy atom. The van der Waals surface area contributed by atoms with Crippen molar-refractivity contribution in [1.82, 2.24) is 0 Å². The maximum Gasteiger partial charge on any atom is 0.0224 e. The van der Waals surface area contributed by atoms with Gasteiger partial charge in [0.2, 0.25) is 0 Å². The lowest BCUT2D eigenvalue weighted by molar-refractivity contribution is 0.589. The smallest absolute Gasteiger partial charge is 0.0224 e. The molecule has 0 aromatic heterocycles. The zero-order valence-electron chi connectivity index (χ0n) is 33.1. The van der Waals surface area contributed by atoms with E-state index in [2.05, 4.69) is 197 Å². The molecular formula is C53H51. The van der Waals surface area contributed by atoms with E-state index in [0.717, 1.165) is 0 Å². The Kier molecular flexibility index (Phi) is 8.38. The third kappa shape index (κ3) is 5.84. The third-order valence-corrected chi connectivity index (χ3v) is 11.5. The van der Waals surface area contributed by atoms with Crippen molar-refractivity contribution in [3.8, 4) is 22.3 Å². The number of hydrogen-bond donors (Lipinski definition) is 0. The summed E-state index contributed by atoms with van der Waals surface area (Å²) in [6.45, 7) is 23.0. The van der Waals surface area contributed by atoms with Gasteiger partial charge in [-0.2, -0.15) is 0 Å². The fraction of sp³-hybridized carbons (Fsp3) is 0.226. The van der Waals surface area contributed by atoms with Gasteiger partial charge in [-0.15, -0.1) is 0 Å². The molecule has 0 aliphatic carbocycles. The van der Waals surface area contributed by atoms with Crippen molar-refractivity contribution >= 4 is 43.1 Å². The van der Waals surface area contributed by atoms with Gasteiger partial charge < -0.3 is 0 Å². The molecule has 0 N–H and O–H groups in total. The predicted molar refractivity (Wildman–Crippen MR) is 233 cm³/mol. The minimum Gasteiger partial charge on any atom is -0.0616 e. The van der Waals surface area contributed by atoms with Crippen LogP contribution in [0.5, 0.6) is 0 Å².